The molecule has 1 amide bonds. The molecule has 0 aromatic heterocycles. The maximum Gasteiger partial charge on any atom is 0.240 e. The zero-order valence-corrected chi connectivity index (χ0v) is 11.9. The fraction of sp³-hybridized carbons (Fsp3) is 0.857. The Bertz CT molecular complexity index is 349. The number of nitrogens with zero attached hydrogens (tertiary/aromatic N) is 1. The van der Waals surface area contributed by atoms with Crippen LogP contribution in [0, 0.1) is 16.7 Å². The van der Waals surface area contributed by atoms with E-state index in [0.717, 1.165) is 45.1 Å². The summed E-state index contributed by atoms with van der Waals surface area (Å²) in [5, 5.41) is 12.5. The highest BCUT2D eigenvalue weighted by Crippen LogP contribution is 2.46. The number of hydrogen-bond donors (Lipinski definition) is 1. The van der Waals surface area contributed by atoms with Crippen molar-refractivity contribution in [1.29, 1.82) is 5.26 Å². The summed E-state index contributed by atoms with van der Waals surface area (Å²) in [7, 11) is 0. The van der Waals surface area contributed by atoms with E-state index in [0.29, 0.717) is 0 Å². The molecule has 2 aliphatic rings. The molecule has 0 radical (unpaired) electrons. The Morgan fingerprint density at radius 1 is 1.22 bits per heavy atom. The second-order valence-electron chi connectivity index (χ2n) is 5.68. The first kappa shape index (κ1) is 13.7. The van der Waals surface area contributed by atoms with Crippen LogP contribution in [-0.4, -0.2) is 23.5 Å². The SMILES string of the molecule is CSC1(CNC(=O)C2(C#N)CCCCCC2)CC1. The lowest BCUT2D eigenvalue weighted by Gasteiger charge is -2.25. The Labute approximate surface area is 114 Å². The number of carbonyl (C=O) groups is 1. The molecule has 0 aromatic carbocycles. The second kappa shape index (κ2) is 5.52. The van der Waals surface area contributed by atoms with E-state index in [1.807, 2.05) is 11.8 Å². The number of carbonyl (C=O) groups excluding carboxylic acids is 1. The summed E-state index contributed by atoms with van der Waals surface area (Å²) >= 11 is 1.84. The summed E-state index contributed by atoms with van der Waals surface area (Å²) in [6, 6.07) is 2.31. The van der Waals surface area contributed by atoms with Gasteiger partial charge in [-0.25, -0.2) is 0 Å². The summed E-state index contributed by atoms with van der Waals surface area (Å²) in [5.41, 5.74) is -0.745. The van der Waals surface area contributed by atoms with E-state index in [2.05, 4.69) is 17.6 Å². The molecule has 100 valence electrons. The molecule has 2 aliphatic carbocycles. The Morgan fingerprint density at radius 3 is 2.28 bits per heavy atom. The Balaban J connectivity index is 1.94. The highest BCUT2D eigenvalue weighted by molar-refractivity contribution is 8.00. The first-order chi connectivity index (χ1) is 8.66. The second-order valence-corrected chi connectivity index (χ2v) is 6.95. The number of nitrogens with one attached hydrogen (secondary N) is 1. The predicted molar refractivity (Wildman–Crippen MR) is 74.2 cm³/mol. The largest absolute Gasteiger partial charge is 0.353 e. The van der Waals surface area contributed by atoms with E-state index in [9.17, 15) is 10.1 Å². The molecule has 0 spiro atoms. The van der Waals surface area contributed by atoms with Gasteiger partial charge in [0.1, 0.15) is 5.41 Å². The Kier molecular flexibility index (Phi) is 4.21. The van der Waals surface area contributed by atoms with Gasteiger partial charge in [-0.1, -0.05) is 25.7 Å². The number of rotatable bonds is 4. The van der Waals surface area contributed by atoms with Crippen LogP contribution in [0.3, 0.4) is 0 Å². The average Bonchev–Trinajstić information content (AvgIpc) is 3.20. The van der Waals surface area contributed by atoms with E-state index in [4.69, 9.17) is 0 Å². The van der Waals surface area contributed by atoms with Crippen LogP contribution in [0.5, 0.6) is 0 Å². The van der Waals surface area contributed by atoms with Gasteiger partial charge in [0.2, 0.25) is 5.91 Å². The zero-order chi connectivity index (χ0) is 13.1. The molecule has 0 unspecified atom stereocenters. The number of nitriles is 1. The van der Waals surface area contributed by atoms with Gasteiger partial charge in [-0.05, 0) is 31.9 Å². The zero-order valence-electron chi connectivity index (χ0n) is 11.1. The third kappa shape index (κ3) is 2.83. The van der Waals surface area contributed by atoms with Gasteiger partial charge in [0.25, 0.3) is 0 Å². The average molecular weight is 266 g/mol. The highest BCUT2D eigenvalue weighted by Gasteiger charge is 2.44. The molecular weight excluding hydrogens is 244 g/mol. The summed E-state index contributed by atoms with van der Waals surface area (Å²) < 4.78 is 0.275. The summed E-state index contributed by atoms with van der Waals surface area (Å²) in [6.45, 7) is 0.733. The topological polar surface area (TPSA) is 52.9 Å². The van der Waals surface area contributed by atoms with E-state index in [-0.39, 0.29) is 10.7 Å². The van der Waals surface area contributed by atoms with Crippen LogP contribution >= 0.6 is 11.8 Å². The van der Waals surface area contributed by atoms with Crippen molar-refractivity contribution >= 4 is 17.7 Å². The Hall–Kier alpha value is -0.690. The van der Waals surface area contributed by atoms with Crippen LogP contribution < -0.4 is 5.32 Å². The van der Waals surface area contributed by atoms with Crippen LogP contribution in [0.25, 0.3) is 0 Å². The van der Waals surface area contributed by atoms with Gasteiger partial charge in [-0.2, -0.15) is 17.0 Å². The molecule has 0 atom stereocenters. The normalized spacial score (nSPS) is 24.7. The van der Waals surface area contributed by atoms with Crippen molar-refractivity contribution in [3.8, 4) is 6.07 Å². The molecule has 0 aliphatic heterocycles. The molecular formula is C14H22N2OS. The minimum Gasteiger partial charge on any atom is -0.353 e. The van der Waals surface area contributed by atoms with Crippen molar-refractivity contribution in [2.75, 3.05) is 12.8 Å². The number of thioether (sulfide) groups is 1. The van der Waals surface area contributed by atoms with Crippen molar-refractivity contribution < 1.29 is 4.79 Å². The number of amides is 1. The van der Waals surface area contributed by atoms with Gasteiger partial charge in [-0.15, -0.1) is 0 Å². The standard InChI is InChI=1S/C14H22N2OS/c1-18-14(8-9-14)11-16-12(17)13(10-15)6-4-2-3-5-7-13/h2-9,11H2,1H3,(H,16,17). The van der Waals surface area contributed by atoms with Gasteiger partial charge in [-0.3, -0.25) is 4.79 Å². The van der Waals surface area contributed by atoms with Crippen molar-refractivity contribution in [3.63, 3.8) is 0 Å². The van der Waals surface area contributed by atoms with Crippen LogP contribution in [0.1, 0.15) is 51.4 Å². The van der Waals surface area contributed by atoms with Gasteiger partial charge in [0.05, 0.1) is 6.07 Å². The van der Waals surface area contributed by atoms with Crippen LogP contribution in [0.4, 0.5) is 0 Å². The lowest BCUT2D eigenvalue weighted by Crippen LogP contribution is -2.42. The first-order valence-corrected chi connectivity index (χ1v) is 8.14. The van der Waals surface area contributed by atoms with Gasteiger partial charge < -0.3 is 5.32 Å². The summed E-state index contributed by atoms with van der Waals surface area (Å²) in [6.07, 6.45) is 10.3. The third-order valence-corrected chi connectivity index (χ3v) is 5.84. The van der Waals surface area contributed by atoms with Crippen LogP contribution in [0.2, 0.25) is 0 Å². The smallest absolute Gasteiger partial charge is 0.240 e. The van der Waals surface area contributed by atoms with Crippen molar-refractivity contribution in [2.24, 2.45) is 5.41 Å². The lowest BCUT2D eigenvalue weighted by atomic mass is 9.81. The predicted octanol–water partition coefficient (Wildman–Crippen LogP) is 2.86. The minimum atomic E-state index is -0.745. The molecule has 18 heavy (non-hydrogen) atoms. The van der Waals surface area contributed by atoms with Crippen molar-refractivity contribution in [3.05, 3.63) is 0 Å². The van der Waals surface area contributed by atoms with E-state index in [1.54, 1.807) is 0 Å². The molecule has 2 saturated carbocycles. The highest BCUT2D eigenvalue weighted by atomic mass is 32.2. The van der Waals surface area contributed by atoms with Gasteiger partial charge >= 0.3 is 0 Å². The van der Waals surface area contributed by atoms with Gasteiger partial charge in [0.15, 0.2) is 0 Å². The van der Waals surface area contributed by atoms with E-state index < -0.39 is 5.41 Å². The summed E-state index contributed by atoms with van der Waals surface area (Å²) in [5.74, 6) is -0.0211. The number of hydrogen-bond acceptors (Lipinski definition) is 3. The Morgan fingerprint density at radius 2 is 1.83 bits per heavy atom. The molecule has 4 heteroatoms. The molecule has 1 N–H and O–H groups in total. The molecule has 0 heterocycles. The van der Waals surface area contributed by atoms with Gasteiger partial charge in [0, 0.05) is 11.3 Å². The summed E-state index contributed by atoms with van der Waals surface area (Å²) in [4.78, 5) is 12.4. The fourth-order valence-electron chi connectivity index (χ4n) is 2.72. The molecule has 2 rings (SSSR count). The molecule has 0 aromatic rings. The minimum absolute atomic E-state index is 0.0211. The van der Waals surface area contributed by atoms with Crippen LogP contribution in [-0.2, 0) is 4.79 Å². The monoisotopic (exact) mass is 266 g/mol. The maximum atomic E-state index is 12.4. The molecule has 3 nitrogen and oxygen atoms in total. The van der Waals surface area contributed by atoms with E-state index in [1.165, 1.54) is 12.8 Å². The van der Waals surface area contributed by atoms with E-state index >= 15 is 0 Å². The van der Waals surface area contributed by atoms with Crippen molar-refractivity contribution in [1.82, 2.24) is 5.32 Å². The maximum absolute atomic E-state index is 12.4. The van der Waals surface area contributed by atoms with Crippen molar-refractivity contribution in [2.45, 2.75) is 56.1 Å². The molecule has 2 fully saturated rings. The molecule has 0 bridgehead atoms. The quantitative estimate of drug-likeness (QED) is 0.796. The first-order valence-electron chi connectivity index (χ1n) is 6.91. The third-order valence-electron chi connectivity index (χ3n) is 4.42. The molecule has 0 saturated heterocycles. The lowest BCUT2D eigenvalue weighted by molar-refractivity contribution is -0.128. The fourth-order valence-corrected chi connectivity index (χ4v) is 3.45. The van der Waals surface area contributed by atoms with Crippen LogP contribution in [0.15, 0.2) is 0 Å².